The van der Waals surface area contributed by atoms with Crippen molar-refractivity contribution in [2.75, 3.05) is 0 Å². The lowest BCUT2D eigenvalue weighted by atomic mass is 9.95. The molecule has 1 aliphatic carbocycles. The Morgan fingerprint density at radius 1 is 1.60 bits per heavy atom. The first kappa shape index (κ1) is 11.4. The molecule has 0 spiro atoms. The summed E-state index contributed by atoms with van der Waals surface area (Å²) in [6, 6.07) is 0. The molecule has 1 aliphatic rings. The number of hydrogen-bond donors (Lipinski definition) is 2. The first-order valence-electron chi connectivity index (χ1n) is 4.28. The summed E-state index contributed by atoms with van der Waals surface area (Å²) in [5, 5.41) is 28.0. The van der Waals surface area contributed by atoms with Gasteiger partial charge in [0.1, 0.15) is 0 Å². The number of allylic oxidation sites excluding steroid dienone is 4. The Labute approximate surface area is 86.5 Å². The third-order valence-corrected chi connectivity index (χ3v) is 1.98. The molecule has 0 radical (unpaired) electrons. The lowest BCUT2D eigenvalue weighted by molar-refractivity contribution is -0.402. The van der Waals surface area contributed by atoms with Gasteiger partial charge in [0.15, 0.2) is 6.29 Å². The fraction of sp³-hybridized carbons (Fsp3) is 0.200. The average Bonchev–Trinajstić information content (AvgIpc) is 2.16. The van der Waals surface area contributed by atoms with E-state index in [0.717, 1.165) is 6.20 Å². The maximum absolute atomic E-state index is 10.1. The number of nitrogens with zero attached hydrogens (tertiary/aromatic N) is 1. The van der Waals surface area contributed by atoms with E-state index < -0.39 is 11.2 Å². The predicted octanol–water partition coefficient (Wildman–Crippen LogP) is 0.900. The summed E-state index contributed by atoms with van der Waals surface area (Å²) in [5.74, 6) is 0. The molecule has 0 aromatic rings. The van der Waals surface area contributed by atoms with Gasteiger partial charge in [-0.2, -0.15) is 0 Å². The number of rotatable bonds is 3. The molecule has 0 amide bonds. The molecule has 15 heavy (non-hydrogen) atoms. The number of aliphatic hydroxyl groups excluding tert-OH is 1. The monoisotopic (exact) mass is 209 g/mol. The molecule has 5 heteroatoms. The highest BCUT2D eigenvalue weighted by atomic mass is 16.6. The zero-order valence-electron chi connectivity index (χ0n) is 7.96. The number of nitro groups is 1. The van der Waals surface area contributed by atoms with Crippen LogP contribution >= 0.6 is 0 Å². The van der Waals surface area contributed by atoms with Gasteiger partial charge < -0.3 is 10.2 Å². The molecule has 0 unspecified atom stereocenters. The zero-order valence-corrected chi connectivity index (χ0v) is 7.96. The van der Waals surface area contributed by atoms with Crippen LogP contribution in [-0.4, -0.2) is 21.4 Å². The molecule has 0 aromatic heterocycles. The molecular weight excluding hydrogens is 198 g/mol. The molecule has 0 atom stereocenters. The fourth-order valence-electron chi connectivity index (χ4n) is 1.22. The van der Waals surface area contributed by atoms with Gasteiger partial charge >= 0.3 is 0 Å². The smallest absolute Gasteiger partial charge is 0.235 e. The van der Waals surface area contributed by atoms with Gasteiger partial charge in [0.05, 0.1) is 4.92 Å². The molecule has 0 saturated heterocycles. The van der Waals surface area contributed by atoms with Crippen molar-refractivity contribution < 1.29 is 15.1 Å². The van der Waals surface area contributed by atoms with Gasteiger partial charge in [-0.3, -0.25) is 10.1 Å². The van der Waals surface area contributed by atoms with Crippen LogP contribution in [-0.2, 0) is 0 Å². The molecule has 0 aromatic carbocycles. The number of hydrogen-bond acceptors (Lipinski definition) is 4. The van der Waals surface area contributed by atoms with Gasteiger partial charge in [0.2, 0.25) is 6.20 Å². The van der Waals surface area contributed by atoms with E-state index in [1.54, 1.807) is 6.08 Å². The van der Waals surface area contributed by atoms with Crippen molar-refractivity contribution in [2.45, 2.75) is 12.7 Å². The van der Waals surface area contributed by atoms with Crippen LogP contribution < -0.4 is 0 Å². The van der Waals surface area contributed by atoms with Crippen molar-refractivity contribution in [2.24, 2.45) is 0 Å². The Balaban J connectivity index is 2.87. The van der Waals surface area contributed by atoms with E-state index in [1.165, 1.54) is 12.2 Å². The van der Waals surface area contributed by atoms with Crippen LogP contribution in [0, 0.1) is 10.1 Å². The second kappa shape index (κ2) is 4.68. The zero-order chi connectivity index (χ0) is 11.4. The molecular formula is C10H11NO4. The average molecular weight is 209 g/mol. The summed E-state index contributed by atoms with van der Waals surface area (Å²) >= 11 is 0. The van der Waals surface area contributed by atoms with Crippen molar-refractivity contribution in [1.82, 2.24) is 0 Å². The molecule has 2 N–H and O–H groups in total. The molecule has 0 heterocycles. The van der Waals surface area contributed by atoms with E-state index in [2.05, 4.69) is 6.58 Å². The first-order valence-corrected chi connectivity index (χ1v) is 4.28. The first-order chi connectivity index (χ1) is 7.00. The van der Waals surface area contributed by atoms with Crippen molar-refractivity contribution in [3.8, 4) is 0 Å². The molecule has 80 valence electrons. The minimum absolute atomic E-state index is 0.292. The molecule has 5 nitrogen and oxygen atoms in total. The van der Waals surface area contributed by atoms with E-state index in [9.17, 15) is 10.1 Å². The van der Waals surface area contributed by atoms with E-state index >= 15 is 0 Å². The standard InChI is InChI=1S/C10H11NO4/c1-7-2-3-8(4-5-11(14)15)6-9(7)10(12)13/h3-6,10,12-13H,1-2H2. The maximum atomic E-state index is 10.1. The highest BCUT2D eigenvalue weighted by molar-refractivity contribution is 5.46. The predicted molar refractivity (Wildman–Crippen MR) is 54.3 cm³/mol. The number of aliphatic hydroxyl groups is 2. The van der Waals surface area contributed by atoms with Crippen LogP contribution in [0.15, 0.2) is 47.7 Å². The van der Waals surface area contributed by atoms with E-state index in [-0.39, 0.29) is 0 Å². The maximum Gasteiger partial charge on any atom is 0.235 e. The van der Waals surface area contributed by atoms with Crippen LogP contribution in [0.2, 0.25) is 0 Å². The Morgan fingerprint density at radius 3 is 2.80 bits per heavy atom. The van der Waals surface area contributed by atoms with Crippen molar-refractivity contribution in [1.29, 1.82) is 0 Å². The largest absolute Gasteiger partial charge is 0.364 e. The van der Waals surface area contributed by atoms with Crippen LogP contribution in [0.1, 0.15) is 6.42 Å². The van der Waals surface area contributed by atoms with Gasteiger partial charge in [-0.05, 0) is 23.6 Å². The molecule has 0 aliphatic heterocycles. The van der Waals surface area contributed by atoms with Crippen molar-refractivity contribution in [3.63, 3.8) is 0 Å². The lowest BCUT2D eigenvalue weighted by Crippen LogP contribution is -2.12. The molecule has 0 saturated carbocycles. The van der Waals surface area contributed by atoms with Gasteiger partial charge in [0, 0.05) is 11.6 Å². The second-order valence-corrected chi connectivity index (χ2v) is 3.09. The minimum Gasteiger partial charge on any atom is -0.364 e. The highest BCUT2D eigenvalue weighted by Gasteiger charge is 2.14. The third kappa shape index (κ3) is 3.16. The van der Waals surface area contributed by atoms with Gasteiger partial charge in [0.25, 0.3) is 0 Å². The summed E-state index contributed by atoms with van der Waals surface area (Å²) in [6.45, 7) is 3.66. The Bertz CT molecular complexity index is 377. The normalized spacial score (nSPS) is 16.9. The van der Waals surface area contributed by atoms with Crippen molar-refractivity contribution >= 4 is 0 Å². The van der Waals surface area contributed by atoms with Gasteiger partial charge in [-0.25, -0.2) is 0 Å². The van der Waals surface area contributed by atoms with Gasteiger partial charge in [-0.15, -0.1) is 0 Å². The van der Waals surface area contributed by atoms with Crippen LogP contribution in [0.3, 0.4) is 0 Å². The van der Waals surface area contributed by atoms with Crippen LogP contribution in [0.25, 0.3) is 0 Å². The lowest BCUT2D eigenvalue weighted by Gasteiger charge is -2.15. The summed E-state index contributed by atoms with van der Waals surface area (Å²) in [7, 11) is 0. The van der Waals surface area contributed by atoms with Crippen LogP contribution in [0.4, 0.5) is 0 Å². The van der Waals surface area contributed by atoms with E-state index in [1.807, 2.05) is 0 Å². The van der Waals surface area contributed by atoms with E-state index in [0.29, 0.717) is 23.1 Å². The quantitative estimate of drug-likeness (QED) is 0.411. The Kier molecular flexibility index (Phi) is 3.54. The third-order valence-electron chi connectivity index (χ3n) is 1.98. The Hall–Kier alpha value is -1.72. The fourth-order valence-corrected chi connectivity index (χ4v) is 1.22. The summed E-state index contributed by atoms with van der Waals surface area (Å²) in [5.41, 5.74) is 1.46. The topological polar surface area (TPSA) is 83.6 Å². The van der Waals surface area contributed by atoms with Crippen LogP contribution in [0.5, 0.6) is 0 Å². The Morgan fingerprint density at radius 2 is 2.27 bits per heavy atom. The SMILES string of the molecule is C=C1CC=C(C=C[N+](=O)[O-])C=C1C(O)O. The summed E-state index contributed by atoms with van der Waals surface area (Å²) in [6.07, 6.45) is 4.17. The minimum atomic E-state index is -1.59. The summed E-state index contributed by atoms with van der Waals surface area (Å²) < 4.78 is 0. The molecule has 0 bridgehead atoms. The van der Waals surface area contributed by atoms with E-state index in [4.69, 9.17) is 10.2 Å². The van der Waals surface area contributed by atoms with Gasteiger partial charge in [-0.1, -0.05) is 12.7 Å². The second-order valence-electron chi connectivity index (χ2n) is 3.09. The molecule has 0 fully saturated rings. The van der Waals surface area contributed by atoms with Crippen molar-refractivity contribution in [3.05, 3.63) is 57.8 Å². The highest BCUT2D eigenvalue weighted by Crippen LogP contribution is 2.24. The molecule has 1 rings (SSSR count). The summed E-state index contributed by atoms with van der Waals surface area (Å²) in [4.78, 5) is 9.50.